The van der Waals surface area contributed by atoms with Crippen molar-refractivity contribution in [1.29, 1.82) is 0 Å². The van der Waals surface area contributed by atoms with Gasteiger partial charge in [-0.2, -0.15) is 4.98 Å². The number of ether oxygens (including phenoxy) is 1. The molecule has 22 heavy (non-hydrogen) atoms. The summed E-state index contributed by atoms with van der Waals surface area (Å²) in [7, 11) is 0. The van der Waals surface area contributed by atoms with Gasteiger partial charge in [-0.3, -0.25) is 0 Å². The van der Waals surface area contributed by atoms with Gasteiger partial charge in [0.15, 0.2) is 0 Å². The van der Waals surface area contributed by atoms with Gasteiger partial charge in [0.1, 0.15) is 0 Å². The third-order valence-electron chi connectivity index (χ3n) is 4.53. The van der Waals surface area contributed by atoms with Gasteiger partial charge in [-0.25, -0.2) is 0 Å². The Labute approximate surface area is 130 Å². The molecule has 5 nitrogen and oxygen atoms in total. The summed E-state index contributed by atoms with van der Waals surface area (Å²) in [6.07, 6.45) is 5.06. The number of anilines is 1. The first kappa shape index (κ1) is 13.8. The normalized spacial score (nSPS) is 25.1. The summed E-state index contributed by atoms with van der Waals surface area (Å²) in [4.78, 5) is 4.46. The molecular formula is C17H21N3O2. The van der Waals surface area contributed by atoms with Crippen LogP contribution in [0.1, 0.15) is 31.2 Å². The Kier molecular flexibility index (Phi) is 3.58. The smallest absolute Gasteiger partial charge is 0.322 e. The fraction of sp³-hybridized carbons (Fsp3) is 0.529. The van der Waals surface area contributed by atoms with Crippen molar-refractivity contribution in [2.75, 3.05) is 11.9 Å². The van der Waals surface area contributed by atoms with Crippen LogP contribution in [0.25, 0.3) is 11.4 Å². The van der Waals surface area contributed by atoms with Gasteiger partial charge >= 0.3 is 6.01 Å². The largest absolute Gasteiger partial charge is 0.378 e. The van der Waals surface area contributed by atoms with E-state index in [1.54, 1.807) is 0 Å². The summed E-state index contributed by atoms with van der Waals surface area (Å²) in [6.45, 7) is 2.88. The van der Waals surface area contributed by atoms with Gasteiger partial charge in [-0.15, -0.1) is 0 Å². The molecule has 2 fully saturated rings. The standard InChI is InChI=1S/C17H21N3O2/c1-11-2-4-13(5-3-11)16-19-17(22-20-16)18-14-8-9-21-15(10-14)12-6-7-12/h2-5,12,14-15H,6-10H2,1H3,(H,18,19,20). The Bertz CT molecular complexity index is 634. The molecule has 0 bridgehead atoms. The molecule has 116 valence electrons. The highest BCUT2D eigenvalue weighted by Crippen LogP contribution is 2.38. The molecule has 1 aromatic carbocycles. The molecule has 0 amide bonds. The number of aromatic nitrogens is 2. The molecule has 2 unspecified atom stereocenters. The molecular weight excluding hydrogens is 278 g/mol. The number of hydrogen-bond acceptors (Lipinski definition) is 5. The monoisotopic (exact) mass is 299 g/mol. The Morgan fingerprint density at radius 1 is 1.14 bits per heavy atom. The highest BCUT2D eigenvalue weighted by Gasteiger charge is 2.36. The van der Waals surface area contributed by atoms with Crippen LogP contribution in [-0.4, -0.2) is 28.9 Å². The molecule has 1 aliphatic carbocycles. The SMILES string of the molecule is Cc1ccc(-c2noc(NC3CCOC(C4CC4)C3)n2)cc1. The van der Waals surface area contributed by atoms with Crippen molar-refractivity contribution < 1.29 is 9.26 Å². The maximum atomic E-state index is 5.85. The molecule has 2 aliphatic rings. The number of hydrogen-bond donors (Lipinski definition) is 1. The predicted molar refractivity (Wildman–Crippen MR) is 83.6 cm³/mol. The molecule has 5 heteroatoms. The maximum Gasteiger partial charge on any atom is 0.322 e. The van der Waals surface area contributed by atoms with E-state index in [0.717, 1.165) is 30.9 Å². The van der Waals surface area contributed by atoms with Crippen LogP contribution >= 0.6 is 0 Å². The van der Waals surface area contributed by atoms with E-state index in [1.807, 2.05) is 12.1 Å². The minimum atomic E-state index is 0.366. The Morgan fingerprint density at radius 3 is 2.73 bits per heavy atom. The van der Waals surface area contributed by atoms with Crippen LogP contribution in [0.3, 0.4) is 0 Å². The molecule has 1 N–H and O–H groups in total. The first-order chi connectivity index (χ1) is 10.8. The Hall–Kier alpha value is -1.88. The van der Waals surface area contributed by atoms with Crippen LogP contribution in [0, 0.1) is 12.8 Å². The van der Waals surface area contributed by atoms with E-state index in [2.05, 4.69) is 34.5 Å². The summed E-state index contributed by atoms with van der Waals surface area (Å²) in [5, 5.41) is 7.44. The second-order valence-electron chi connectivity index (χ2n) is 6.40. The number of aryl methyl sites for hydroxylation is 1. The van der Waals surface area contributed by atoms with Crippen molar-refractivity contribution in [3.8, 4) is 11.4 Å². The van der Waals surface area contributed by atoms with Crippen LogP contribution < -0.4 is 5.32 Å². The van der Waals surface area contributed by atoms with Crippen molar-refractivity contribution in [2.24, 2.45) is 5.92 Å². The van der Waals surface area contributed by atoms with E-state index in [-0.39, 0.29) is 0 Å². The molecule has 1 aromatic heterocycles. The molecule has 1 saturated heterocycles. The van der Waals surface area contributed by atoms with Gasteiger partial charge in [-0.05, 0) is 38.5 Å². The predicted octanol–water partition coefficient (Wildman–Crippen LogP) is 3.41. The lowest BCUT2D eigenvalue weighted by Crippen LogP contribution is -2.35. The summed E-state index contributed by atoms with van der Waals surface area (Å²) < 4.78 is 11.2. The topological polar surface area (TPSA) is 60.2 Å². The van der Waals surface area contributed by atoms with Crippen LogP contribution in [0.4, 0.5) is 6.01 Å². The van der Waals surface area contributed by atoms with E-state index in [4.69, 9.17) is 9.26 Å². The zero-order chi connectivity index (χ0) is 14.9. The van der Waals surface area contributed by atoms with E-state index < -0.39 is 0 Å². The molecule has 1 saturated carbocycles. The first-order valence-electron chi connectivity index (χ1n) is 8.07. The zero-order valence-electron chi connectivity index (χ0n) is 12.8. The van der Waals surface area contributed by atoms with E-state index in [9.17, 15) is 0 Å². The highest BCUT2D eigenvalue weighted by molar-refractivity contribution is 5.55. The van der Waals surface area contributed by atoms with Gasteiger partial charge in [0.05, 0.1) is 6.10 Å². The minimum Gasteiger partial charge on any atom is -0.378 e. The van der Waals surface area contributed by atoms with Crippen molar-refractivity contribution in [1.82, 2.24) is 10.1 Å². The third kappa shape index (κ3) is 2.99. The lowest BCUT2D eigenvalue weighted by molar-refractivity contribution is -0.00253. The van der Waals surface area contributed by atoms with E-state index in [1.165, 1.54) is 18.4 Å². The van der Waals surface area contributed by atoms with Gasteiger partial charge < -0.3 is 14.6 Å². The van der Waals surface area contributed by atoms with Gasteiger partial charge in [0, 0.05) is 18.2 Å². The van der Waals surface area contributed by atoms with Crippen LogP contribution in [-0.2, 0) is 4.74 Å². The molecule has 2 aromatic rings. The van der Waals surface area contributed by atoms with Gasteiger partial charge in [0.25, 0.3) is 0 Å². The van der Waals surface area contributed by atoms with Crippen LogP contribution in [0.2, 0.25) is 0 Å². The van der Waals surface area contributed by atoms with Crippen molar-refractivity contribution in [3.63, 3.8) is 0 Å². The Balaban J connectivity index is 1.42. The lowest BCUT2D eigenvalue weighted by Gasteiger charge is -2.29. The first-order valence-corrected chi connectivity index (χ1v) is 8.07. The molecule has 1 aliphatic heterocycles. The average Bonchev–Trinajstić information content (AvgIpc) is 3.29. The number of nitrogens with one attached hydrogen (secondary N) is 1. The summed E-state index contributed by atoms with van der Waals surface area (Å²) in [6, 6.07) is 9.01. The number of benzene rings is 1. The fourth-order valence-corrected chi connectivity index (χ4v) is 3.03. The molecule has 4 rings (SSSR count). The van der Waals surface area contributed by atoms with Crippen molar-refractivity contribution in [3.05, 3.63) is 29.8 Å². The second kappa shape index (κ2) is 5.72. The molecule has 2 atom stereocenters. The zero-order valence-corrected chi connectivity index (χ0v) is 12.8. The van der Waals surface area contributed by atoms with Crippen molar-refractivity contribution in [2.45, 2.75) is 44.8 Å². The molecule has 0 radical (unpaired) electrons. The van der Waals surface area contributed by atoms with Gasteiger partial charge in [0.2, 0.25) is 5.82 Å². The summed E-state index contributed by atoms with van der Waals surface area (Å²) in [5.41, 5.74) is 2.20. The fourth-order valence-electron chi connectivity index (χ4n) is 3.03. The average molecular weight is 299 g/mol. The van der Waals surface area contributed by atoms with Crippen LogP contribution in [0.5, 0.6) is 0 Å². The quantitative estimate of drug-likeness (QED) is 0.937. The highest BCUT2D eigenvalue weighted by atomic mass is 16.5. The minimum absolute atomic E-state index is 0.366. The second-order valence-corrected chi connectivity index (χ2v) is 6.40. The molecule has 2 heterocycles. The molecule has 0 spiro atoms. The maximum absolute atomic E-state index is 5.85. The van der Waals surface area contributed by atoms with Gasteiger partial charge in [-0.1, -0.05) is 35.0 Å². The van der Waals surface area contributed by atoms with Crippen molar-refractivity contribution >= 4 is 6.01 Å². The van der Waals surface area contributed by atoms with E-state index >= 15 is 0 Å². The van der Waals surface area contributed by atoms with Crippen LogP contribution in [0.15, 0.2) is 28.8 Å². The van der Waals surface area contributed by atoms with E-state index in [0.29, 0.717) is 24.0 Å². The lowest BCUT2D eigenvalue weighted by atomic mass is 10.0. The summed E-state index contributed by atoms with van der Waals surface area (Å²) >= 11 is 0. The summed E-state index contributed by atoms with van der Waals surface area (Å²) in [5.74, 6) is 1.41. The third-order valence-corrected chi connectivity index (χ3v) is 4.53. The number of rotatable bonds is 4. The Morgan fingerprint density at radius 2 is 1.95 bits per heavy atom. The number of nitrogens with zero attached hydrogens (tertiary/aromatic N) is 2.